The molecule has 2 amide bonds. The Hall–Kier alpha value is -3.61. The molecule has 1 saturated heterocycles. The van der Waals surface area contributed by atoms with Gasteiger partial charge < -0.3 is 35.7 Å². The van der Waals surface area contributed by atoms with Crippen LogP contribution in [-0.2, 0) is 27.2 Å². The van der Waals surface area contributed by atoms with Gasteiger partial charge in [-0.25, -0.2) is 9.78 Å². The quantitative estimate of drug-likeness (QED) is 0.269. The van der Waals surface area contributed by atoms with Crippen molar-refractivity contribution in [3.05, 3.63) is 40.4 Å². The molecule has 2 atom stereocenters. The number of ether oxygens (including phenoxy) is 3. The molecule has 5 N–H and O–H groups in total. The monoisotopic (exact) mass is 547 g/mol. The summed E-state index contributed by atoms with van der Waals surface area (Å²) in [6.07, 6.45) is 2.71. The van der Waals surface area contributed by atoms with Crippen LogP contribution in [0.15, 0.2) is 24.3 Å². The van der Waals surface area contributed by atoms with E-state index in [-0.39, 0.29) is 25.1 Å². The molecule has 0 saturated carbocycles. The standard InChI is InChI=1S/C24H28ClN5O5.CH2O2/c25-22-17-11-15(10-14(17)3-4-18(22)33-9-7-26)27-8-1-2-16-12-30(24(32)35-16)20-6-5-19-23(28-20)29-21(31)13-34-19;2-1-3/h3-6,15-16,27H,1-2,7-13,26H2,(H,28,29,31);1H,(H,2,3). The number of halogens is 1. The van der Waals surface area contributed by atoms with Crippen LogP contribution in [0.2, 0.25) is 5.02 Å². The van der Waals surface area contributed by atoms with E-state index in [0.717, 1.165) is 37.8 Å². The predicted octanol–water partition coefficient (Wildman–Crippen LogP) is 1.97. The van der Waals surface area contributed by atoms with E-state index < -0.39 is 6.09 Å². The molecule has 0 bridgehead atoms. The van der Waals surface area contributed by atoms with Crippen molar-refractivity contribution in [2.24, 2.45) is 5.73 Å². The summed E-state index contributed by atoms with van der Waals surface area (Å²) in [5, 5.41) is 13.8. The average Bonchev–Trinajstić information content (AvgIpc) is 3.49. The number of hydrogen-bond donors (Lipinski definition) is 4. The number of carbonyl (C=O) groups excluding carboxylic acids is 2. The highest BCUT2D eigenvalue weighted by Gasteiger charge is 2.34. The molecule has 3 aliphatic rings. The van der Waals surface area contributed by atoms with Gasteiger partial charge in [-0.3, -0.25) is 14.5 Å². The van der Waals surface area contributed by atoms with Crippen LogP contribution in [0.25, 0.3) is 0 Å². The van der Waals surface area contributed by atoms with Gasteiger partial charge in [-0.05, 0) is 61.6 Å². The zero-order valence-electron chi connectivity index (χ0n) is 20.7. The van der Waals surface area contributed by atoms with Crippen LogP contribution in [0.1, 0.15) is 24.0 Å². The van der Waals surface area contributed by atoms with Crippen LogP contribution in [0.5, 0.6) is 11.5 Å². The Morgan fingerprint density at radius 1 is 1.29 bits per heavy atom. The van der Waals surface area contributed by atoms with Gasteiger partial charge in [-0.1, -0.05) is 17.7 Å². The van der Waals surface area contributed by atoms with Crippen LogP contribution < -0.4 is 30.7 Å². The third kappa shape index (κ3) is 6.44. The maximum Gasteiger partial charge on any atom is 0.415 e. The molecule has 13 heteroatoms. The van der Waals surface area contributed by atoms with Gasteiger partial charge in [0.15, 0.2) is 18.2 Å². The summed E-state index contributed by atoms with van der Waals surface area (Å²) < 4.78 is 16.5. The van der Waals surface area contributed by atoms with Crippen LogP contribution >= 0.6 is 11.6 Å². The molecule has 38 heavy (non-hydrogen) atoms. The number of rotatable bonds is 9. The van der Waals surface area contributed by atoms with E-state index in [1.807, 2.05) is 6.07 Å². The largest absolute Gasteiger partial charge is 0.491 e. The van der Waals surface area contributed by atoms with Crippen LogP contribution in [0.3, 0.4) is 0 Å². The number of benzene rings is 1. The van der Waals surface area contributed by atoms with Crippen molar-refractivity contribution in [2.75, 3.05) is 43.1 Å². The van der Waals surface area contributed by atoms with Crippen molar-refractivity contribution in [2.45, 2.75) is 37.8 Å². The van der Waals surface area contributed by atoms with E-state index >= 15 is 0 Å². The lowest BCUT2D eigenvalue weighted by Gasteiger charge is -2.19. The zero-order valence-corrected chi connectivity index (χ0v) is 21.4. The summed E-state index contributed by atoms with van der Waals surface area (Å²) in [4.78, 5) is 38.2. The fraction of sp³-hybridized carbons (Fsp3) is 0.440. The number of carboxylic acid groups (broad SMARTS) is 1. The first kappa shape index (κ1) is 27.4. The molecule has 1 aromatic heterocycles. The summed E-state index contributed by atoms with van der Waals surface area (Å²) in [7, 11) is 0. The molecule has 204 valence electrons. The first-order valence-corrected chi connectivity index (χ1v) is 12.7. The normalized spacial score (nSPS) is 19.4. The molecule has 3 heterocycles. The molecule has 2 aliphatic heterocycles. The topological polar surface area (TPSA) is 165 Å². The highest BCUT2D eigenvalue weighted by Crippen LogP contribution is 2.36. The first-order chi connectivity index (χ1) is 18.4. The van der Waals surface area contributed by atoms with Gasteiger partial charge in [0.25, 0.3) is 12.4 Å². The SMILES string of the molecule is NCCOc1ccc2c(c1Cl)CC(NCCCC1CN(c3ccc4c(n3)NC(=O)CO4)C(=O)O1)C2.O=CO. The number of pyridine rings is 1. The smallest absolute Gasteiger partial charge is 0.415 e. The number of nitrogens with one attached hydrogen (secondary N) is 2. The fourth-order valence-corrected chi connectivity index (χ4v) is 4.98. The lowest BCUT2D eigenvalue weighted by molar-refractivity contribution is -0.123. The summed E-state index contributed by atoms with van der Waals surface area (Å²) in [5.41, 5.74) is 7.90. The van der Waals surface area contributed by atoms with Crippen molar-refractivity contribution < 1.29 is 33.7 Å². The number of hydrogen-bond acceptors (Lipinski definition) is 9. The number of carbonyl (C=O) groups is 3. The number of nitrogens with two attached hydrogens (primary N) is 1. The third-order valence-electron chi connectivity index (χ3n) is 6.34. The van der Waals surface area contributed by atoms with Gasteiger partial charge in [0, 0.05) is 12.6 Å². The van der Waals surface area contributed by atoms with E-state index in [0.29, 0.717) is 53.9 Å². The summed E-state index contributed by atoms with van der Waals surface area (Å²) >= 11 is 6.55. The molecule has 2 unspecified atom stereocenters. The Balaban J connectivity index is 0.00000107. The van der Waals surface area contributed by atoms with E-state index in [9.17, 15) is 9.59 Å². The van der Waals surface area contributed by atoms with Crippen molar-refractivity contribution in [3.8, 4) is 11.5 Å². The second-order valence-corrected chi connectivity index (χ2v) is 9.31. The van der Waals surface area contributed by atoms with Gasteiger partial charge >= 0.3 is 6.09 Å². The molecule has 1 aromatic carbocycles. The van der Waals surface area contributed by atoms with Gasteiger partial charge in [0.1, 0.15) is 24.3 Å². The Labute approximate surface area is 224 Å². The van der Waals surface area contributed by atoms with Gasteiger partial charge in [0.05, 0.1) is 11.6 Å². The van der Waals surface area contributed by atoms with Crippen LogP contribution in [-0.4, -0.2) is 73.6 Å². The minimum atomic E-state index is -0.438. The Kier molecular flexibility index (Phi) is 9.21. The number of aromatic nitrogens is 1. The van der Waals surface area contributed by atoms with Gasteiger partial charge in [-0.15, -0.1) is 0 Å². The van der Waals surface area contributed by atoms with Crippen molar-refractivity contribution >= 4 is 41.7 Å². The number of nitrogens with zero attached hydrogens (tertiary/aromatic N) is 2. The van der Waals surface area contributed by atoms with E-state index in [1.165, 1.54) is 10.5 Å². The Morgan fingerprint density at radius 2 is 2.11 bits per heavy atom. The van der Waals surface area contributed by atoms with Crippen LogP contribution in [0.4, 0.5) is 16.4 Å². The summed E-state index contributed by atoms with van der Waals surface area (Å²) in [6.45, 7) is 1.82. The second-order valence-electron chi connectivity index (χ2n) is 8.93. The number of amides is 2. The summed E-state index contributed by atoms with van der Waals surface area (Å²) in [5.74, 6) is 1.64. The molecule has 1 fully saturated rings. The van der Waals surface area contributed by atoms with E-state index in [4.69, 9.17) is 41.4 Å². The zero-order chi connectivity index (χ0) is 27.1. The molecule has 5 rings (SSSR count). The minimum absolute atomic E-state index is 0.0415. The minimum Gasteiger partial charge on any atom is -0.491 e. The van der Waals surface area contributed by atoms with E-state index in [2.05, 4.69) is 21.7 Å². The molecule has 12 nitrogen and oxygen atoms in total. The lowest BCUT2D eigenvalue weighted by Crippen LogP contribution is -2.31. The highest BCUT2D eigenvalue weighted by atomic mass is 35.5. The first-order valence-electron chi connectivity index (χ1n) is 12.3. The lowest BCUT2D eigenvalue weighted by atomic mass is 10.1. The van der Waals surface area contributed by atoms with Gasteiger partial charge in [-0.2, -0.15) is 0 Å². The molecule has 2 aromatic rings. The van der Waals surface area contributed by atoms with E-state index in [1.54, 1.807) is 12.1 Å². The van der Waals surface area contributed by atoms with Crippen molar-refractivity contribution in [3.63, 3.8) is 0 Å². The van der Waals surface area contributed by atoms with Crippen LogP contribution in [0, 0.1) is 0 Å². The number of fused-ring (bicyclic) bond motifs is 2. The third-order valence-corrected chi connectivity index (χ3v) is 6.76. The fourth-order valence-electron chi connectivity index (χ4n) is 4.66. The maximum atomic E-state index is 12.4. The molecule has 0 radical (unpaired) electrons. The molecule has 0 spiro atoms. The molecule has 1 aliphatic carbocycles. The molecular formula is C25H30ClN5O7. The molecular weight excluding hydrogens is 518 g/mol. The van der Waals surface area contributed by atoms with Crippen molar-refractivity contribution in [1.29, 1.82) is 0 Å². The Bertz CT molecular complexity index is 1180. The highest BCUT2D eigenvalue weighted by molar-refractivity contribution is 6.33. The Morgan fingerprint density at radius 3 is 2.89 bits per heavy atom. The second kappa shape index (κ2) is 12.8. The summed E-state index contributed by atoms with van der Waals surface area (Å²) in [6, 6.07) is 7.69. The average molecular weight is 548 g/mol. The van der Waals surface area contributed by atoms with Crippen molar-refractivity contribution in [1.82, 2.24) is 10.3 Å². The number of cyclic esters (lactones) is 1. The maximum absolute atomic E-state index is 12.4. The predicted molar refractivity (Wildman–Crippen MR) is 139 cm³/mol. The van der Waals surface area contributed by atoms with Gasteiger partial charge in [0.2, 0.25) is 0 Å². The number of anilines is 2.